The van der Waals surface area contributed by atoms with Crippen molar-refractivity contribution >= 4 is 51.6 Å². The summed E-state index contributed by atoms with van der Waals surface area (Å²) in [4.78, 5) is 11.2. The van der Waals surface area contributed by atoms with E-state index in [2.05, 4.69) is 37.5 Å². The highest BCUT2D eigenvalue weighted by Gasteiger charge is 2.42. The van der Waals surface area contributed by atoms with E-state index in [1.54, 1.807) is 6.20 Å². The summed E-state index contributed by atoms with van der Waals surface area (Å²) in [5.41, 5.74) is 1.41. The first kappa shape index (κ1) is 20.4. The summed E-state index contributed by atoms with van der Waals surface area (Å²) in [6, 6.07) is 2.99. The van der Waals surface area contributed by atoms with Gasteiger partial charge in [0.2, 0.25) is 0 Å². The van der Waals surface area contributed by atoms with Crippen molar-refractivity contribution in [3.05, 3.63) is 34.1 Å². The van der Waals surface area contributed by atoms with E-state index in [0.29, 0.717) is 31.9 Å². The molecule has 1 atom stereocenters. The molecule has 2 N–H and O–H groups in total. The average Bonchev–Trinajstić information content (AvgIpc) is 3.06. The first-order valence-corrected chi connectivity index (χ1v) is 11.1. The molecule has 1 aromatic carbocycles. The molecular formula is C19H20Cl2IN3O3. The number of alkyl halides is 1. The molecule has 9 heteroatoms. The van der Waals surface area contributed by atoms with Gasteiger partial charge in [-0.25, -0.2) is 9.97 Å². The number of hydrogen-bond acceptors (Lipinski definition) is 6. The second kappa shape index (κ2) is 8.10. The van der Waals surface area contributed by atoms with Gasteiger partial charge in [-0.3, -0.25) is 0 Å². The maximum Gasteiger partial charge on any atom is 0.152 e. The highest BCUT2D eigenvalue weighted by atomic mass is 127. The van der Waals surface area contributed by atoms with Gasteiger partial charge >= 0.3 is 0 Å². The Balaban J connectivity index is 1.60. The van der Waals surface area contributed by atoms with E-state index in [1.807, 2.05) is 0 Å². The zero-order valence-corrected chi connectivity index (χ0v) is 18.7. The second-order valence-corrected chi connectivity index (χ2v) is 9.53. The van der Waals surface area contributed by atoms with E-state index in [1.165, 1.54) is 12.1 Å². The Bertz CT molecular complexity index is 891. The first-order valence-electron chi connectivity index (χ1n) is 9.07. The molecule has 2 fully saturated rings. The lowest BCUT2D eigenvalue weighted by Gasteiger charge is -2.39. The number of benzene rings is 1. The van der Waals surface area contributed by atoms with E-state index < -0.39 is 0 Å². The fourth-order valence-corrected chi connectivity index (χ4v) is 5.49. The molecule has 150 valence electrons. The Hall–Kier alpha value is -0.870. The minimum atomic E-state index is -0.254. The van der Waals surface area contributed by atoms with Crippen LogP contribution in [-0.2, 0) is 11.3 Å². The van der Waals surface area contributed by atoms with Crippen molar-refractivity contribution in [1.82, 2.24) is 9.97 Å². The van der Waals surface area contributed by atoms with Gasteiger partial charge in [0.25, 0.3) is 0 Å². The molecule has 0 radical (unpaired) electrons. The number of phenolic OH excluding ortho intramolecular Hbond substituents is 1. The molecule has 2 aromatic rings. The number of rotatable bonds is 3. The normalized spacial score (nSPS) is 21.4. The van der Waals surface area contributed by atoms with E-state index >= 15 is 0 Å². The molecule has 4 rings (SSSR count). The zero-order valence-electron chi connectivity index (χ0n) is 15.0. The molecule has 28 heavy (non-hydrogen) atoms. The summed E-state index contributed by atoms with van der Waals surface area (Å²) < 4.78 is 6.08. The molecule has 0 unspecified atom stereocenters. The minimum Gasteiger partial charge on any atom is -0.507 e. The zero-order chi connectivity index (χ0) is 19.9. The highest BCUT2D eigenvalue weighted by Crippen LogP contribution is 2.45. The summed E-state index contributed by atoms with van der Waals surface area (Å²) >= 11 is 14.7. The lowest BCUT2D eigenvalue weighted by Crippen LogP contribution is -2.41. The van der Waals surface area contributed by atoms with Crippen LogP contribution in [0.5, 0.6) is 5.75 Å². The van der Waals surface area contributed by atoms with Gasteiger partial charge in [-0.1, -0.05) is 45.8 Å². The number of aliphatic hydroxyl groups is 1. The maximum atomic E-state index is 10.2. The predicted octanol–water partition coefficient (Wildman–Crippen LogP) is 4.42. The number of ether oxygens (including phenoxy) is 1. The lowest BCUT2D eigenvalue weighted by atomic mass is 9.78. The van der Waals surface area contributed by atoms with Crippen molar-refractivity contribution in [1.29, 1.82) is 0 Å². The van der Waals surface area contributed by atoms with Crippen molar-refractivity contribution in [3.8, 4) is 17.0 Å². The van der Waals surface area contributed by atoms with Gasteiger partial charge < -0.3 is 19.8 Å². The minimum absolute atomic E-state index is 0.0326. The number of aromatic nitrogens is 2. The van der Waals surface area contributed by atoms with E-state index in [4.69, 9.17) is 27.9 Å². The summed E-state index contributed by atoms with van der Waals surface area (Å²) in [6.45, 7) is 2.25. The molecule has 2 saturated heterocycles. The highest BCUT2D eigenvalue weighted by molar-refractivity contribution is 14.1. The van der Waals surface area contributed by atoms with Crippen LogP contribution in [0.15, 0.2) is 18.3 Å². The van der Waals surface area contributed by atoms with Gasteiger partial charge in [-0.05, 0) is 31.4 Å². The van der Waals surface area contributed by atoms with E-state index in [9.17, 15) is 10.2 Å². The smallest absolute Gasteiger partial charge is 0.152 e. The number of nitrogens with zero attached hydrogens (tertiary/aromatic N) is 3. The summed E-state index contributed by atoms with van der Waals surface area (Å²) in [6.07, 6.45) is 4.71. The Labute approximate surface area is 187 Å². The summed E-state index contributed by atoms with van der Waals surface area (Å²) in [5.74, 6) is 0.638. The Morgan fingerprint density at radius 1 is 1.29 bits per heavy atom. The van der Waals surface area contributed by atoms with Crippen LogP contribution in [0.1, 0.15) is 25.0 Å². The fourth-order valence-electron chi connectivity index (χ4n) is 3.96. The predicted molar refractivity (Wildman–Crippen MR) is 117 cm³/mol. The molecule has 3 heterocycles. The number of anilines is 1. The Morgan fingerprint density at radius 3 is 2.68 bits per heavy atom. The number of piperidine rings is 1. The van der Waals surface area contributed by atoms with Crippen molar-refractivity contribution in [2.75, 3.05) is 24.6 Å². The Kier molecular flexibility index (Phi) is 5.90. The van der Waals surface area contributed by atoms with Gasteiger partial charge in [-0.15, -0.1) is 0 Å². The molecule has 0 saturated carbocycles. The number of hydrogen-bond donors (Lipinski definition) is 2. The molecule has 2 aliphatic heterocycles. The third kappa shape index (κ3) is 3.79. The number of aliphatic hydroxyl groups excluding tert-OH is 1. The number of aromatic hydroxyl groups is 1. The van der Waals surface area contributed by atoms with E-state index in [-0.39, 0.29) is 22.8 Å². The summed E-state index contributed by atoms with van der Waals surface area (Å²) in [5, 5.41) is 20.6. The van der Waals surface area contributed by atoms with Crippen LogP contribution in [0, 0.1) is 5.41 Å². The SMILES string of the molecule is OCc1nc(-c2c(O)ccc(Cl)c2Cl)cnc1N1CCC2(CC1)CO[C@@H](I)C2. The van der Waals surface area contributed by atoms with Gasteiger partial charge in [0, 0.05) is 18.5 Å². The Morgan fingerprint density at radius 2 is 2.04 bits per heavy atom. The molecule has 2 aliphatic rings. The molecule has 6 nitrogen and oxygen atoms in total. The van der Waals surface area contributed by atoms with Crippen LogP contribution in [0.4, 0.5) is 5.82 Å². The fraction of sp³-hybridized carbons (Fsp3) is 0.474. The first-order chi connectivity index (χ1) is 13.4. The summed E-state index contributed by atoms with van der Waals surface area (Å²) in [7, 11) is 0. The quantitative estimate of drug-likeness (QED) is 0.447. The standard InChI is InChI=1S/C19H20Cl2IN3O3/c20-11-1-2-14(27)16(17(11)21)12-8-23-18(13(9-26)24-12)25-5-3-19(4-6-25)7-15(22)28-10-19/h1-2,8,15,26-27H,3-7,9-10H2/t15-/m1/s1. The molecule has 1 spiro atoms. The third-order valence-electron chi connectivity index (χ3n) is 5.59. The van der Waals surface area contributed by atoms with Gasteiger partial charge in [0.15, 0.2) is 5.82 Å². The maximum absolute atomic E-state index is 10.2. The van der Waals surface area contributed by atoms with Crippen LogP contribution >= 0.6 is 45.8 Å². The number of phenols is 1. The molecule has 0 bridgehead atoms. The third-order valence-corrected chi connectivity index (χ3v) is 7.19. The van der Waals surface area contributed by atoms with Crippen LogP contribution in [0.3, 0.4) is 0 Å². The molecule has 1 aromatic heterocycles. The largest absolute Gasteiger partial charge is 0.507 e. The van der Waals surface area contributed by atoms with Crippen molar-refractivity contribution < 1.29 is 14.9 Å². The van der Waals surface area contributed by atoms with Crippen LogP contribution in [-0.4, -0.2) is 44.0 Å². The molecule has 0 aliphatic carbocycles. The van der Waals surface area contributed by atoms with Crippen LogP contribution in [0.25, 0.3) is 11.3 Å². The molecular weight excluding hydrogens is 516 g/mol. The van der Waals surface area contributed by atoms with Crippen LogP contribution in [0.2, 0.25) is 10.0 Å². The molecule has 0 amide bonds. The van der Waals surface area contributed by atoms with Gasteiger partial charge in [0.05, 0.1) is 40.7 Å². The topological polar surface area (TPSA) is 78.7 Å². The van der Waals surface area contributed by atoms with Crippen LogP contribution < -0.4 is 4.90 Å². The lowest BCUT2D eigenvalue weighted by molar-refractivity contribution is 0.128. The second-order valence-electron chi connectivity index (χ2n) is 7.35. The van der Waals surface area contributed by atoms with Crippen molar-refractivity contribution in [2.45, 2.75) is 30.0 Å². The monoisotopic (exact) mass is 535 g/mol. The van der Waals surface area contributed by atoms with E-state index in [0.717, 1.165) is 39.0 Å². The average molecular weight is 536 g/mol. The number of halogens is 3. The van der Waals surface area contributed by atoms with Gasteiger partial charge in [-0.2, -0.15) is 0 Å². The van der Waals surface area contributed by atoms with Gasteiger partial charge in [0.1, 0.15) is 15.6 Å². The van der Waals surface area contributed by atoms with Crippen molar-refractivity contribution in [3.63, 3.8) is 0 Å². The van der Waals surface area contributed by atoms with Crippen molar-refractivity contribution in [2.24, 2.45) is 5.41 Å².